The van der Waals surface area contributed by atoms with Crippen LogP contribution in [0.15, 0.2) is 73.3 Å². The van der Waals surface area contributed by atoms with Gasteiger partial charge in [-0.1, -0.05) is 12.1 Å². The van der Waals surface area contributed by atoms with E-state index in [9.17, 15) is 4.79 Å². The number of hydrogen-bond acceptors (Lipinski definition) is 7. The molecule has 4 N–H and O–H groups in total. The molecule has 5 heterocycles. The van der Waals surface area contributed by atoms with E-state index in [-0.39, 0.29) is 5.91 Å². The molecule has 4 aromatic heterocycles. The van der Waals surface area contributed by atoms with Crippen LogP contribution in [0.3, 0.4) is 0 Å². The number of piperidine rings is 1. The summed E-state index contributed by atoms with van der Waals surface area (Å²) < 4.78 is 1.97. The summed E-state index contributed by atoms with van der Waals surface area (Å²) in [6.07, 6.45) is 9.25. The highest BCUT2D eigenvalue weighted by molar-refractivity contribution is 6.06. The standard InChI is InChI=1S/C29H28N10O/c1-38-10-7-23(8-11-38)39-17-22(16-32-39)34-29(40)26-13-18-2-3-19(14-25(18)35-26)28-30-9-6-27(36-28)33-21-4-5-24-20(12-21)15-31-37-24/h2-6,9,12-17,23,35H,7-8,10-11H2,1H3,(H,31,37)(H,34,40)(H,30,33,36). The van der Waals surface area contributed by atoms with Crippen molar-refractivity contribution in [1.82, 2.24) is 39.8 Å². The van der Waals surface area contributed by atoms with E-state index >= 15 is 0 Å². The lowest BCUT2D eigenvalue weighted by Gasteiger charge is -2.28. The summed E-state index contributed by atoms with van der Waals surface area (Å²) in [6.45, 7) is 2.11. The number of amides is 1. The maximum absolute atomic E-state index is 13.0. The van der Waals surface area contributed by atoms with Crippen LogP contribution in [0, 0.1) is 0 Å². The first-order chi connectivity index (χ1) is 19.6. The number of likely N-dealkylation sites (tertiary alicyclic amines) is 1. The van der Waals surface area contributed by atoms with E-state index in [1.54, 1.807) is 18.6 Å². The molecule has 6 aromatic rings. The lowest BCUT2D eigenvalue weighted by molar-refractivity contribution is 0.102. The second kappa shape index (κ2) is 9.93. The molecule has 0 radical (unpaired) electrons. The average Bonchev–Trinajstić information content (AvgIpc) is 3.73. The Morgan fingerprint density at radius 3 is 2.77 bits per heavy atom. The third-order valence-corrected chi connectivity index (χ3v) is 7.42. The van der Waals surface area contributed by atoms with E-state index in [4.69, 9.17) is 4.98 Å². The molecule has 1 aliphatic rings. The third-order valence-electron chi connectivity index (χ3n) is 7.42. The molecule has 1 aliphatic heterocycles. The first-order valence-corrected chi connectivity index (χ1v) is 13.3. The molecule has 0 spiro atoms. The summed E-state index contributed by atoms with van der Waals surface area (Å²) in [5.41, 5.74) is 4.72. The van der Waals surface area contributed by atoms with Gasteiger partial charge in [0.05, 0.1) is 29.6 Å². The zero-order valence-corrected chi connectivity index (χ0v) is 21.9. The number of anilines is 3. The Balaban J connectivity index is 1.06. The van der Waals surface area contributed by atoms with Crippen LogP contribution >= 0.6 is 0 Å². The Morgan fingerprint density at radius 1 is 0.975 bits per heavy atom. The second-order valence-corrected chi connectivity index (χ2v) is 10.2. The fourth-order valence-corrected chi connectivity index (χ4v) is 5.18. The fourth-order valence-electron chi connectivity index (χ4n) is 5.18. The van der Waals surface area contributed by atoms with E-state index in [2.05, 4.69) is 47.8 Å². The van der Waals surface area contributed by atoms with Crippen molar-refractivity contribution in [3.05, 3.63) is 79.0 Å². The van der Waals surface area contributed by atoms with Gasteiger partial charge in [0.2, 0.25) is 0 Å². The highest BCUT2D eigenvalue weighted by Crippen LogP contribution is 2.26. The number of H-pyrrole nitrogens is 2. The summed E-state index contributed by atoms with van der Waals surface area (Å²) >= 11 is 0. The number of rotatable bonds is 6. The van der Waals surface area contributed by atoms with Crippen molar-refractivity contribution in [3.63, 3.8) is 0 Å². The van der Waals surface area contributed by atoms with Crippen molar-refractivity contribution < 1.29 is 4.79 Å². The minimum Gasteiger partial charge on any atom is -0.350 e. The number of aromatic amines is 2. The molecular formula is C29H28N10O. The number of benzene rings is 2. The quantitative estimate of drug-likeness (QED) is 0.238. The predicted molar refractivity (Wildman–Crippen MR) is 155 cm³/mol. The highest BCUT2D eigenvalue weighted by Gasteiger charge is 2.19. The molecule has 1 saturated heterocycles. The molecule has 1 fully saturated rings. The highest BCUT2D eigenvalue weighted by atomic mass is 16.1. The van der Waals surface area contributed by atoms with E-state index < -0.39 is 0 Å². The van der Waals surface area contributed by atoms with Gasteiger partial charge in [0, 0.05) is 39.9 Å². The molecule has 7 rings (SSSR count). The number of carbonyl (C=O) groups excluding carboxylic acids is 1. The summed E-state index contributed by atoms with van der Waals surface area (Å²) in [7, 11) is 2.14. The van der Waals surface area contributed by atoms with Gasteiger partial charge in [-0.3, -0.25) is 14.6 Å². The molecule has 200 valence electrons. The molecule has 1 amide bonds. The van der Waals surface area contributed by atoms with Gasteiger partial charge in [0.15, 0.2) is 5.82 Å². The van der Waals surface area contributed by atoms with Crippen LogP contribution in [0.5, 0.6) is 0 Å². The van der Waals surface area contributed by atoms with E-state index in [0.29, 0.717) is 29.1 Å². The molecular weight excluding hydrogens is 504 g/mol. The Hall–Kier alpha value is -5.03. The molecule has 0 aliphatic carbocycles. The first-order valence-electron chi connectivity index (χ1n) is 13.3. The number of fused-ring (bicyclic) bond motifs is 2. The van der Waals surface area contributed by atoms with Crippen LogP contribution in [0.25, 0.3) is 33.2 Å². The fraction of sp³-hybridized carbons (Fsp3) is 0.207. The number of nitrogens with zero attached hydrogens (tertiary/aromatic N) is 6. The number of aromatic nitrogens is 7. The molecule has 0 unspecified atom stereocenters. The number of carbonyl (C=O) groups is 1. The van der Waals surface area contributed by atoms with Gasteiger partial charge in [-0.2, -0.15) is 10.2 Å². The number of nitrogens with one attached hydrogen (secondary N) is 4. The van der Waals surface area contributed by atoms with Crippen LogP contribution in [-0.2, 0) is 0 Å². The van der Waals surface area contributed by atoms with Crippen LogP contribution < -0.4 is 10.6 Å². The van der Waals surface area contributed by atoms with Crippen LogP contribution in [-0.4, -0.2) is 65.9 Å². The topological polar surface area (TPSA) is 132 Å². The van der Waals surface area contributed by atoms with Crippen molar-refractivity contribution in [1.29, 1.82) is 0 Å². The minimum absolute atomic E-state index is 0.210. The minimum atomic E-state index is -0.210. The van der Waals surface area contributed by atoms with Gasteiger partial charge in [-0.25, -0.2) is 9.97 Å². The zero-order chi connectivity index (χ0) is 27.1. The molecule has 0 saturated carbocycles. The average molecular weight is 533 g/mol. The van der Waals surface area contributed by atoms with Gasteiger partial charge in [0.25, 0.3) is 5.91 Å². The van der Waals surface area contributed by atoms with Crippen molar-refractivity contribution in [2.75, 3.05) is 30.8 Å². The van der Waals surface area contributed by atoms with E-state index in [0.717, 1.165) is 59.0 Å². The Bertz CT molecular complexity index is 1830. The van der Waals surface area contributed by atoms with Gasteiger partial charge in [-0.15, -0.1) is 0 Å². The smallest absolute Gasteiger partial charge is 0.272 e. The van der Waals surface area contributed by atoms with E-state index in [1.165, 1.54) is 0 Å². The Morgan fingerprint density at radius 2 is 1.88 bits per heavy atom. The maximum Gasteiger partial charge on any atom is 0.272 e. The third kappa shape index (κ3) is 4.78. The molecule has 0 bridgehead atoms. The van der Waals surface area contributed by atoms with Crippen molar-refractivity contribution in [3.8, 4) is 11.4 Å². The lowest BCUT2D eigenvalue weighted by atomic mass is 10.1. The summed E-state index contributed by atoms with van der Waals surface area (Å²) in [6, 6.07) is 15.9. The predicted octanol–water partition coefficient (Wildman–Crippen LogP) is 4.96. The SMILES string of the molecule is CN1CCC(n2cc(NC(=O)c3cc4ccc(-c5nccc(Nc6ccc7[nH]ncc7c6)n5)cc4[nH]3)cn2)CC1. The van der Waals surface area contributed by atoms with E-state index in [1.807, 2.05) is 59.4 Å². The summed E-state index contributed by atoms with van der Waals surface area (Å²) in [5.74, 6) is 1.05. The maximum atomic E-state index is 13.0. The van der Waals surface area contributed by atoms with Gasteiger partial charge < -0.3 is 20.5 Å². The summed E-state index contributed by atoms with van der Waals surface area (Å²) in [4.78, 5) is 27.8. The first kappa shape index (κ1) is 24.0. The molecule has 2 aromatic carbocycles. The zero-order valence-electron chi connectivity index (χ0n) is 21.9. The monoisotopic (exact) mass is 532 g/mol. The number of hydrogen-bond donors (Lipinski definition) is 4. The Labute approximate surface area is 229 Å². The molecule has 11 nitrogen and oxygen atoms in total. The molecule has 11 heteroatoms. The van der Waals surface area contributed by atoms with Crippen molar-refractivity contribution >= 4 is 44.9 Å². The van der Waals surface area contributed by atoms with Crippen molar-refractivity contribution in [2.24, 2.45) is 0 Å². The second-order valence-electron chi connectivity index (χ2n) is 10.2. The largest absolute Gasteiger partial charge is 0.350 e. The van der Waals surface area contributed by atoms with Gasteiger partial charge >= 0.3 is 0 Å². The van der Waals surface area contributed by atoms with Crippen molar-refractivity contribution in [2.45, 2.75) is 18.9 Å². The van der Waals surface area contributed by atoms with Crippen LogP contribution in [0.1, 0.15) is 29.4 Å². The molecule has 0 atom stereocenters. The Kier molecular flexibility index (Phi) is 5.97. The van der Waals surface area contributed by atoms with Crippen LogP contribution in [0.2, 0.25) is 0 Å². The van der Waals surface area contributed by atoms with Gasteiger partial charge in [-0.05, 0) is 69.4 Å². The van der Waals surface area contributed by atoms with Crippen LogP contribution in [0.4, 0.5) is 17.2 Å². The normalized spacial score (nSPS) is 14.6. The van der Waals surface area contributed by atoms with Gasteiger partial charge in [0.1, 0.15) is 11.5 Å². The summed E-state index contributed by atoms with van der Waals surface area (Å²) in [5, 5.41) is 19.8. The molecule has 40 heavy (non-hydrogen) atoms. The lowest BCUT2D eigenvalue weighted by Crippen LogP contribution is -2.31.